The molecular formula is C95H84BrCl2F2N25O7S2. The number of rotatable bonds is 32. The molecule has 0 atom stereocenters. The Morgan fingerprint density at radius 2 is 0.493 bits per heavy atom. The average Bonchev–Trinajstić information content (AvgIpc) is 0.848. The topological polar surface area (TPSA) is 429 Å². The third-order valence-corrected chi connectivity index (χ3v) is 20.4. The lowest BCUT2D eigenvalue weighted by atomic mass is 10.2. The Bertz CT molecular complexity index is 6830. The van der Waals surface area contributed by atoms with E-state index in [0.29, 0.717) is 109 Å². The lowest BCUT2D eigenvalue weighted by molar-refractivity contribution is -0.112. The number of sulfonamides is 2. The number of hydrogen-bond acceptors (Lipinski definition) is 27. The van der Waals surface area contributed by atoms with Gasteiger partial charge in [-0.1, -0.05) is 133 Å². The predicted molar refractivity (Wildman–Crippen MR) is 536 cm³/mol. The Morgan fingerprint density at radius 3 is 0.724 bits per heavy atom. The molecule has 134 heavy (non-hydrogen) atoms. The Hall–Kier alpha value is -16.9. The van der Waals surface area contributed by atoms with E-state index in [0.717, 1.165) is 55.0 Å². The molecule has 0 saturated heterocycles. The number of nitrogens with zero attached hydrogens (tertiary/aromatic N) is 10. The van der Waals surface area contributed by atoms with E-state index >= 15 is 0 Å². The first-order chi connectivity index (χ1) is 64.5. The monoisotopic (exact) mass is 1940 g/mol. The summed E-state index contributed by atoms with van der Waals surface area (Å²) in [5.41, 5.74) is 12.7. The lowest BCUT2D eigenvalue weighted by Gasteiger charge is -2.10. The number of amides is 3. The average molecular weight is 1940 g/mol. The standard InChI is InChI=1S/C20H19N5O.C19H16BrN5O.C19H15ClFN5O.C19H19N5O2S.C18H15ClFN5O2S/c1-3-20(26)25-17-9-5-8-16(11-17)24-19-12-18(21-13-22-19)23-15-7-4-6-14(2)10-15;1-2-19(26)25-16-8-4-7-15(10-16)24-18-11-17(21-12-22-18)23-14-6-3-5-13(20)9-14;1-2-19(27)26-13-5-3-4-12(8-13)24-17-10-18(23-11-22-17)25-14-6-7-16(21)15(20)9-14;1-3-27(25,26)24-17-9-5-8-16(11-17)23-19-12-18(20-13-21-19)22-15-7-4-6-14(2)10-15;1-2-28(26,27)25-14-5-3-4-12(8-14)23-17-10-18(22-11-21-17)24-13-6-7-16(20)15(19)9-13/h3-13H,1H2,2H3,(H,25,26)(H2,21,22,23,24);2-12H,1H2,(H,25,26)(H2,21,22,23,24);2-11H,1H2,(H,26,27)(H2,22,23,24,25);3-13,24H,1H2,2H3,(H2,20,21,22,23);2-11,25H,1H2,(H2,21,22,23,24). The van der Waals surface area contributed by atoms with Gasteiger partial charge < -0.3 is 69.1 Å². The summed E-state index contributed by atoms with van der Waals surface area (Å²) in [6.45, 7) is 20.9. The molecule has 5 heterocycles. The molecule has 39 heteroatoms. The van der Waals surface area contributed by atoms with Crippen LogP contribution in [0.4, 0.5) is 152 Å². The normalized spacial score (nSPS) is 10.4. The van der Waals surface area contributed by atoms with Crippen LogP contribution < -0.4 is 78.6 Å². The predicted octanol–water partition coefficient (Wildman–Crippen LogP) is 22.9. The minimum atomic E-state index is -3.60. The first-order valence-corrected chi connectivity index (χ1v) is 44.4. The summed E-state index contributed by atoms with van der Waals surface area (Å²) in [5.74, 6) is 3.99. The van der Waals surface area contributed by atoms with Crippen LogP contribution in [-0.4, -0.2) is 84.4 Å². The van der Waals surface area contributed by atoms with Gasteiger partial charge in [-0.2, -0.15) is 0 Å². The van der Waals surface area contributed by atoms with Crippen molar-refractivity contribution >= 4 is 220 Å². The quantitative estimate of drug-likeness (QED) is 0.0174. The second-order valence-electron chi connectivity index (χ2n) is 27.8. The van der Waals surface area contributed by atoms with Crippen LogP contribution in [0.3, 0.4) is 0 Å². The van der Waals surface area contributed by atoms with Gasteiger partial charge in [-0.25, -0.2) is 75.5 Å². The molecule has 0 aliphatic carbocycles. The van der Waals surface area contributed by atoms with Crippen molar-refractivity contribution in [1.29, 1.82) is 0 Å². The molecule has 3 amide bonds. The van der Waals surface area contributed by atoms with E-state index in [2.05, 4.69) is 177 Å². The van der Waals surface area contributed by atoms with Crippen LogP contribution in [0.5, 0.6) is 0 Å². The Balaban J connectivity index is 0.000000161. The van der Waals surface area contributed by atoms with Crippen LogP contribution in [0, 0.1) is 25.5 Å². The van der Waals surface area contributed by atoms with Crippen molar-refractivity contribution in [3.8, 4) is 0 Å². The molecule has 0 saturated carbocycles. The zero-order valence-corrected chi connectivity index (χ0v) is 75.9. The minimum absolute atomic E-state index is 0.00352. The van der Waals surface area contributed by atoms with Crippen molar-refractivity contribution in [1.82, 2.24) is 49.8 Å². The van der Waals surface area contributed by atoms with E-state index in [4.69, 9.17) is 23.2 Å². The molecule has 15 aromatic rings. The number of carbonyl (C=O) groups excluding carboxylic acids is 3. The number of carbonyl (C=O) groups is 3. The molecule has 10 aromatic carbocycles. The van der Waals surface area contributed by atoms with Gasteiger partial charge in [0.05, 0.1) is 21.4 Å². The molecule has 0 unspecified atom stereocenters. The zero-order valence-electron chi connectivity index (χ0n) is 71.2. The molecule has 32 nitrogen and oxygen atoms in total. The van der Waals surface area contributed by atoms with E-state index in [1.807, 2.05) is 141 Å². The fourth-order valence-corrected chi connectivity index (χ4v) is 13.3. The van der Waals surface area contributed by atoms with Crippen LogP contribution in [0.15, 0.2) is 359 Å². The van der Waals surface area contributed by atoms with Crippen molar-refractivity contribution in [2.45, 2.75) is 13.8 Å². The van der Waals surface area contributed by atoms with E-state index < -0.39 is 31.7 Å². The molecule has 15 rings (SSSR count). The fraction of sp³-hybridized carbons (Fsp3) is 0.0211. The lowest BCUT2D eigenvalue weighted by Crippen LogP contribution is -2.08. The highest BCUT2D eigenvalue weighted by molar-refractivity contribution is 9.10. The zero-order chi connectivity index (χ0) is 95.4. The van der Waals surface area contributed by atoms with Crippen LogP contribution in [-0.2, 0) is 34.4 Å². The third-order valence-electron chi connectivity index (χ3n) is 17.4. The number of anilines is 25. The number of aryl methyl sites for hydroxylation is 2. The van der Waals surface area contributed by atoms with E-state index in [-0.39, 0.29) is 27.8 Å². The molecule has 0 fully saturated rings. The molecule has 5 aromatic heterocycles. The summed E-state index contributed by atoms with van der Waals surface area (Å²) < 4.78 is 78.7. The number of nitrogens with one attached hydrogen (secondary N) is 15. The van der Waals surface area contributed by atoms with E-state index in [9.17, 15) is 40.0 Å². The molecule has 0 bridgehead atoms. The number of hydrogen-bond donors (Lipinski definition) is 15. The maximum atomic E-state index is 13.3. The first-order valence-electron chi connectivity index (χ1n) is 39.8. The van der Waals surface area contributed by atoms with Crippen LogP contribution in [0.25, 0.3) is 0 Å². The van der Waals surface area contributed by atoms with E-state index in [1.54, 1.807) is 103 Å². The van der Waals surface area contributed by atoms with Crippen molar-refractivity contribution in [2.75, 3.05) is 78.6 Å². The Kier molecular flexibility index (Phi) is 35.4. The van der Waals surface area contributed by atoms with Gasteiger partial charge >= 0.3 is 0 Å². The minimum Gasteiger partial charge on any atom is -0.340 e. The van der Waals surface area contributed by atoms with Crippen LogP contribution in [0.1, 0.15) is 11.1 Å². The van der Waals surface area contributed by atoms with Crippen LogP contribution in [0.2, 0.25) is 10.0 Å². The van der Waals surface area contributed by atoms with E-state index in [1.165, 1.54) is 85.8 Å². The van der Waals surface area contributed by atoms with Gasteiger partial charge in [0.1, 0.15) is 101 Å². The summed E-state index contributed by atoms with van der Waals surface area (Å²) in [6, 6.07) is 76.4. The molecular weight excluding hydrogens is 1860 g/mol. The summed E-state index contributed by atoms with van der Waals surface area (Å²) in [4.78, 5) is 76.1. The largest absolute Gasteiger partial charge is 0.340 e. The fourth-order valence-electron chi connectivity index (χ4n) is 11.4. The van der Waals surface area contributed by atoms with Gasteiger partial charge in [0, 0.05) is 120 Å². The maximum Gasteiger partial charge on any atom is 0.254 e. The third kappa shape index (κ3) is 33.0. The van der Waals surface area contributed by atoms with Gasteiger partial charge in [-0.3, -0.25) is 23.8 Å². The summed E-state index contributed by atoms with van der Waals surface area (Å²) in [5, 5.41) is 41.3. The van der Waals surface area contributed by atoms with Gasteiger partial charge in [0.15, 0.2) is 0 Å². The van der Waals surface area contributed by atoms with Crippen molar-refractivity contribution < 1.29 is 40.0 Å². The second kappa shape index (κ2) is 48.5. The summed E-state index contributed by atoms with van der Waals surface area (Å²) in [6.07, 6.45) is 10.8. The highest BCUT2D eigenvalue weighted by atomic mass is 79.9. The van der Waals surface area contributed by atoms with Gasteiger partial charge in [0.2, 0.25) is 17.7 Å². The molecule has 0 radical (unpaired) electrons. The molecule has 0 spiro atoms. The highest BCUT2D eigenvalue weighted by Crippen LogP contribution is 2.32. The number of benzene rings is 10. The summed E-state index contributed by atoms with van der Waals surface area (Å²) >= 11 is 15.0. The molecule has 0 aliphatic heterocycles. The smallest absolute Gasteiger partial charge is 0.254 e. The van der Waals surface area contributed by atoms with Gasteiger partial charge in [-0.15, -0.1) is 0 Å². The van der Waals surface area contributed by atoms with Crippen LogP contribution >= 0.6 is 39.1 Å². The number of aromatic nitrogens is 10. The van der Waals surface area contributed by atoms with Gasteiger partial charge in [0.25, 0.3) is 20.0 Å². The van der Waals surface area contributed by atoms with Crippen molar-refractivity contribution in [2.24, 2.45) is 0 Å². The molecule has 678 valence electrons. The molecule has 0 aliphatic rings. The Morgan fingerprint density at radius 1 is 0.284 bits per heavy atom. The van der Waals surface area contributed by atoms with Crippen molar-refractivity contribution in [3.05, 3.63) is 392 Å². The Labute approximate surface area is 789 Å². The first kappa shape index (κ1) is 97.7. The highest BCUT2D eigenvalue weighted by Gasteiger charge is 2.14. The molecule has 15 N–H and O–H groups in total. The van der Waals surface area contributed by atoms with Gasteiger partial charge in [-0.05, 0) is 213 Å². The summed E-state index contributed by atoms with van der Waals surface area (Å²) in [7, 11) is -7.15. The SMILES string of the molecule is C=CC(=O)Nc1cccc(Nc2cc(Nc3ccc(F)c(Cl)c3)ncn2)c1.C=CC(=O)Nc1cccc(Nc2cc(Nc3cccc(Br)c3)ncn2)c1.C=CC(=O)Nc1cccc(Nc2cc(Nc3cccc(C)c3)ncn2)c1.C=CS(=O)(=O)Nc1cccc(Nc2cc(Nc3ccc(F)c(Cl)c3)ncn2)c1.C=CS(=O)(=O)Nc1cccc(Nc2cc(Nc3cccc(C)c3)ncn2)c1. The van der Waals surface area contributed by atoms with Crippen molar-refractivity contribution in [3.63, 3.8) is 0 Å². The second-order valence-corrected chi connectivity index (χ2v) is 32.8. The number of halogens is 5. The maximum absolute atomic E-state index is 13.3.